The molecule has 0 bridgehead atoms. The zero-order valence-electron chi connectivity index (χ0n) is 26.7. The number of rotatable bonds is 5. The van der Waals surface area contributed by atoms with Crippen LogP contribution in [0.2, 0.25) is 0 Å². The lowest BCUT2D eigenvalue weighted by atomic mass is 10.0. The van der Waals surface area contributed by atoms with Gasteiger partial charge in [-0.3, -0.25) is 0 Å². The van der Waals surface area contributed by atoms with Crippen molar-refractivity contribution < 1.29 is 8.83 Å². The van der Waals surface area contributed by atoms with Crippen LogP contribution in [0.4, 0.5) is 0 Å². The van der Waals surface area contributed by atoms with Crippen LogP contribution in [0.25, 0.3) is 100 Å². The molecule has 50 heavy (non-hydrogen) atoms. The highest BCUT2D eigenvalue weighted by atomic mass is 16.3. The maximum absolute atomic E-state index is 6.51. The lowest BCUT2D eigenvalue weighted by molar-refractivity contribution is 0.668. The van der Waals surface area contributed by atoms with Crippen LogP contribution in [0, 0.1) is 0 Å². The van der Waals surface area contributed by atoms with Crippen LogP contribution < -0.4 is 0 Å². The zero-order chi connectivity index (χ0) is 33.0. The van der Waals surface area contributed by atoms with E-state index in [2.05, 4.69) is 78.9 Å². The van der Waals surface area contributed by atoms with Crippen LogP contribution in [-0.2, 0) is 0 Å². The predicted octanol–water partition coefficient (Wildman–Crippen LogP) is 12.0. The SMILES string of the molecule is c1ccc(-c2cccc(-c3nc(-c4ccccc4)nc(-c4ccc5c(c4)oc4cc(-c6ccc7c(c6)oc6ccccc67)ccc45)n3)c2)cc1. The van der Waals surface area contributed by atoms with Crippen LogP contribution in [0.1, 0.15) is 0 Å². The molecule has 0 saturated carbocycles. The van der Waals surface area contributed by atoms with Crippen LogP contribution in [0.5, 0.6) is 0 Å². The van der Waals surface area contributed by atoms with Gasteiger partial charge in [-0.15, -0.1) is 0 Å². The Hall–Kier alpha value is -6.85. The van der Waals surface area contributed by atoms with Crippen LogP contribution in [-0.4, -0.2) is 15.0 Å². The molecule has 10 rings (SSSR count). The van der Waals surface area contributed by atoms with Gasteiger partial charge in [0.05, 0.1) is 0 Å². The van der Waals surface area contributed by atoms with Gasteiger partial charge in [-0.2, -0.15) is 0 Å². The Labute approximate surface area is 287 Å². The molecule has 5 nitrogen and oxygen atoms in total. The fraction of sp³-hybridized carbons (Fsp3) is 0. The number of nitrogens with zero attached hydrogens (tertiary/aromatic N) is 3. The molecule has 3 heterocycles. The Morgan fingerprint density at radius 2 is 0.660 bits per heavy atom. The number of para-hydroxylation sites is 1. The summed E-state index contributed by atoms with van der Waals surface area (Å²) in [6, 6.07) is 55.8. The first-order chi connectivity index (χ1) is 24.7. The maximum Gasteiger partial charge on any atom is 0.164 e. The van der Waals surface area contributed by atoms with Crippen LogP contribution in [0.15, 0.2) is 173 Å². The summed E-state index contributed by atoms with van der Waals surface area (Å²) in [5.41, 5.74) is 10.4. The Balaban J connectivity index is 1.06. The number of fused-ring (bicyclic) bond motifs is 6. The van der Waals surface area contributed by atoms with Crippen LogP contribution >= 0.6 is 0 Å². The van der Waals surface area contributed by atoms with E-state index >= 15 is 0 Å². The molecule has 5 heteroatoms. The molecule has 0 aliphatic heterocycles. The van der Waals surface area contributed by atoms with Crippen molar-refractivity contribution in [3.8, 4) is 56.4 Å². The Morgan fingerprint density at radius 1 is 0.260 bits per heavy atom. The molecule has 7 aromatic carbocycles. The van der Waals surface area contributed by atoms with E-state index in [-0.39, 0.29) is 0 Å². The maximum atomic E-state index is 6.51. The number of hydrogen-bond acceptors (Lipinski definition) is 5. The Morgan fingerprint density at radius 3 is 1.30 bits per heavy atom. The third kappa shape index (κ3) is 4.83. The van der Waals surface area contributed by atoms with E-state index in [0.29, 0.717) is 17.5 Å². The minimum atomic E-state index is 0.584. The van der Waals surface area contributed by atoms with E-state index in [9.17, 15) is 0 Å². The van der Waals surface area contributed by atoms with Crippen molar-refractivity contribution in [1.82, 2.24) is 15.0 Å². The molecular formula is C45H27N3O2. The van der Waals surface area contributed by atoms with Gasteiger partial charge in [0.25, 0.3) is 0 Å². The summed E-state index contributed by atoms with van der Waals surface area (Å²) in [6.07, 6.45) is 0. The molecule has 0 N–H and O–H groups in total. The van der Waals surface area contributed by atoms with Crippen molar-refractivity contribution in [3.63, 3.8) is 0 Å². The fourth-order valence-corrected chi connectivity index (χ4v) is 6.82. The highest BCUT2D eigenvalue weighted by Gasteiger charge is 2.16. The topological polar surface area (TPSA) is 65.0 Å². The molecule has 0 aliphatic rings. The summed E-state index contributed by atoms with van der Waals surface area (Å²) in [5, 5.41) is 4.33. The highest BCUT2D eigenvalue weighted by molar-refractivity contribution is 6.08. The summed E-state index contributed by atoms with van der Waals surface area (Å²) in [7, 11) is 0. The van der Waals surface area contributed by atoms with E-state index in [1.807, 2.05) is 84.9 Å². The van der Waals surface area contributed by atoms with Crippen molar-refractivity contribution in [2.45, 2.75) is 0 Å². The molecule has 0 radical (unpaired) electrons. The Bertz CT molecular complexity index is 2870. The molecule has 234 valence electrons. The molecule has 0 spiro atoms. The van der Waals surface area contributed by atoms with Crippen LogP contribution in [0.3, 0.4) is 0 Å². The first-order valence-corrected chi connectivity index (χ1v) is 16.6. The highest BCUT2D eigenvalue weighted by Crippen LogP contribution is 2.37. The summed E-state index contributed by atoms with van der Waals surface area (Å²) >= 11 is 0. The summed E-state index contributed by atoms with van der Waals surface area (Å²) in [6.45, 7) is 0. The van der Waals surface area contributed by atoms with Gasteiger partial charge in [0.1, 0.15) is 22.3 Å². The number of furan rings is 2. The van der Waals surface area contributed by atoms with E-state index < -0.39 is 0 Å². The molecule has 3 aromatic heterocycles. The molecule has 0 atom stereocenters. The van der Waals surface area contributed by atoms with Gasteiger partial charge in [0.15, 0.2) is 17.5 Å². The van der Waals surface area contributed by atoms with Crippen molar-refractivity contribution >= 4 is 43.9 Å². The van der Waals surface area contributed by atoms with Gasteiger partial charge in [0, 0.05) is 38.2 Å². The second kappa shape index (κ2) is 11.4. The van der Waals surface area contributed by atoms with Gasteiger partial charge < -0.3 is 8.83 Å². The summed E-state index contributed by atoms with van der Waals surface area (Å²) in [4.78, 5) is 14.9. The zero-order valence-corrected chi connectivity index (χ0v) is 26.7. The first-order valence-electron chi connectivity index (χ1n) is 16.6. The van der Waals surface area contributed by atoms with Crippen molar-refractivity contribution in [2.75, 3.05) is 0 Å². The third-order valence-corrected chi connectivity index (χ3v) is 9.34. The molecule has 0 aliphatic carbocycles. The smallest absolute Gasteiger partial charge is 0.164 e. The van der Waals surface area contributed by atoms with Gasteiger partial charge >= 0.3 is 0 Å². The number of aromatic nitrogens is 3. The largest absolute Gasteiger partial charge is 0.456 e. The minimum Gasteiger partial charge on any atom is -0.456 e. The third-order valence-electron chi connectivity index (χ3n) is 9.34. The summed E-state index contributed by atoms with van der Waals surface area (Å²) in [5.74, 6) is 1.81. The lowest BCUT2D eigenvalue weighted by Gasteiger charge is -2.09. The first kappa shape index (κ1) is 28.2. The normalized spacial score (nSPS) is 11.6. The molecule has 10 aromatic rings. The minimum absolute atomic E-state index is 0.584. The summed E-state index contributed by atoms with van der Waals surface area (Å²) < 4.78 is 12.7. The van der Waals surface area contributed by atoms with E-state index in [1.54, 1.807) is 0 Å². The Kier molecular flexibility index (Phi) is 6.42. The van der Waals surface area contributed by atoms with E-state index in [1.165, 1.54) is 0 Å². The molecule has 0 amide bonds. The average molecular weight is 642 g/mol. The van der Waals surface area contributed by atoms with Gasteiger partial charge in [-0.05, 0) is 70.8 Å². The monoisotopic (exact) mass is 641 g/mol. The average Bonchev–Trinajstić information content (AvgIpc) is 3.75. The molecule has 0 saturated heterocycles. The molecule has 0 fully saturated rings. The molecule has 0 unspecified atom stereocenters. The van der Waals surface area contributed by atoms with Gasteiger partial charge in [0.2, 0.25) is 0 Å². The number of benzene rings is 7. The van der Waals surface area contributed by atoms with E-state index in [0.717, 1.165) is 82.8 Å². The standard InChI is InChI=1S/C45H27N3O2/c1-3-10-28(11-4-1)30-14-9-15-33(24-30)44-46-43(29-12-5-2-6-13-29)47-45(48-44)34-20-23-38-37-22-19-32(26-41(37)50-42(38)27-34)31-18-21-36-35-16-7-8-17-39(35)49-40(36)25-31/h1-27H. The predicted molar refractivity (Wildman–Crippen MR) is 202 cm³/mol. The van der Waals surface area contributed by atoms with E-state index in [4.69, 9.17) is 23.8 Å². The van der Waals surface area contributed by atoms with Gasteiger partial charge in [-0.1, -0.05) is 115 Å². The second-order valence-electron chi connectivity index (χ2n) is 12.5. The van der Waals surface area contributed by atoms with Crippen molar-refractivity contribution in [1.29, 1.82) is 0 Å². The second-order valence-corrected chi connectivity index (χ2v) is 12.5. The lowest BCUT2D eigenvalue weighted by Crippen LogP contribution is -2.00. The number of hydrogen-bond donors (Lipinski definition) is 0. The van der Waals surface area contributed by atoms with Gasteiger partial charge in [-0.25, -0.2) is 15.0 Å². The van der Waals surface area contributed by atoms with Crippen molar-refractivity contribution in [3.05, 3.63) is 164 Å². The fourth-order valence-electron chi connectivity index (χ4n) is 6.82. The molecular weight excluding hydrogens is 615 g/mol. The quantitative estimate of drug-likeness (QED) is 0.187. The van der Waals surface area contributed by atoms with Crippen molar-refractivity contribution in [2.24, 2.45) is 0 Å².